The van der Waals surface area contributed by atoms with Gasteiger partial charge in [0.25, 0.3) is 0 Å². The first kappa shape index (κ1) is 11.9. The molecule has 0 bridgehead atoms. The summed E-state index contributed by atoms with van der Waals surface area (Å²) in [7, 11) is -1.78. The Balaban J connectivity index is 2.82. The number of hydrogen-bond donors (Lipinski definition) is 2. The van der Waals surface area contributed by atoms with Crippen LogP contribution in [0.15, 0.2) is 24.3 Å². The summed E-state index contributed by atoms with van der Waals surface area (Å²) in [6.07, 6.45) is -3.90. The van der Waals surface area contributed by atoms with E-state index in [1.54, 1.807) is 0 Å². The Labute approximate surface area is 84.3 Å². The topological polar surface area (TPSA) is 49.7 Å². The average molecular weight is 220 g/mol. The molecule has 0 saturated carbocycles. The largest absolute Gasteiger partial charge is 0.488 e. The van der Waals surface area contributed by atoms with Gasteiger partial charge in [0, 0.05) is 0 Å². The molecular formula is C8H8BF3O3. The molecule has 2 N–H and O–H groups in total. The number of rotatable bonds is 4. The van der Waals surface area contributed by atoms with Gasteiger partial charge in [0.1, 0.15) is 5.75 Å². The van der Waals surface area contributed by atoms with E-state index < -0.39 is 19.9 Å². The second-order valence-corrected chi connectivity index (χ2v) is 2.82. The van der Waals surface area contributed by atoms with Crippen LogP contribution >= 0.6 is 0 Å². The van der Waals surface area contributed by atoms with Crippen molar-refractivity contribution in [3.05, 3.63) is 24.3 Å². The first-order valence-electron chi connectivity index (χ1n) is 4.03. The van der Waals surface area contributed by atoms with Crippen LogP contribution in [0.25, 0.3) is 0 Å². The summed E-state index contributed by atoms with van der Waals surface area (Å²) >= 11 is 0. The molecule has 0 saturated heterocycles. The van der Waals surface area contributed by atoms with Crippen LogP contribution in [-0.4, -0.2) is 29.9 Å². The lowest BCUT2D eigenvalue weighted by atomic mass is 9.80. The highest BCUT2D eigenvalue weighted by atomic mass is 19.3. The first-order valence-corrected chi connectivity index (χ1v) is 4.03. The molecule has 0 heterocycles. The van der Waals surface area contributed by atoms with Gasteiger partial charge < -0.3 is 14.8 Å². The molecule has 1 rings (SSSR count). The van der Waals surface area contributed by atoms with Crippen molar-refractivity contribution in [3.63, 3.8) is 0 Å². The van der Waals surface area contributed by atoms with E-state index in [0.717, 1.165) is 12.1 Å². The molecule has 0 aliphatic rings. The van der Waals surface area contributed by atoms with Crippen LogP contribution in [0.5, 0.6) is 5.75 Å². The summed E-state index contributed by atoms with van der Waals surface area (Å²) in [4.78, 5) is 0. The van der Waals surface area contributed by atoms with Crippen molar-refractivity contribution in [2.45, 2.75) is 6.11 Å². The Bertz CT molecular complexity index is 333. The summed E-state index contributed by atoms with van der Waals surface area (Å²) in [5.74, 6) is -0.330. The molecule has 0 aliphatic heterocycles. The van der Waals surface area contributed by atoms with Crippen LogP contribution in [0.2, 0.25) is 0 Å². The van der Waals surface area contributed by atoms with E-state index in [2.05, 4.69) is 4.74 Å². The van der Waals surface area contributed by atoms with Gasteiger partial charge in [-0.3, -0.25) is 0 Å². The molecule has 3 nitrogen and oxygen atoms in total. The molecule has 0 aliphatic carbocycles. The Morgan fingerprint density at radius 1 is 1.33 bits per heavy atom. The summed E-state index contributed by atoms with van der Waals surface area (Å²) < 4.78 is 40.7. The minimum Gasteiger partial charge on any atom is -0.431 e. The van der Waals surface area contributed by atoms with Crippen molar-refractivity contribution in [3.8, 4) is 5.75 Å². The van der Waals surface area contributed by atoms with Crippen molar-refractivity contribution in [2.24, 2.45) is 0 Å². The lowest BCUT2D eigenvalue weighted by Gasteiger charge is -2.14. The average Bonchev–Trinajstić information content (AvgIpc) is 2.17. The van der Waals surface area contributed by atoms with Gasteiger partial charge in [-0.25, -0.2) is 4.39 Å². The van der Waals surface area contributed by atoms with Gasteiger partial charge in [-0.1, -0.05) is 12.1 Å². The Morgan fingerprint density at radius 2 is 2.00 bits per heavy atom. The van der Waals surface area contributed by atoms with Crippen molar-refractivity contribution in [2.75, 3.05) is 6.67 Å². The number of benzene rings is 1. The van der Waals surface area contributed by atoms with Crippen LogP contribution in [0.3, 0.4) is 0 Å². The standard InChI is InChI=1S/C8H8BF3O3/c10-5-8(11,12)15-7-3-1-2-6(4-7)9(13)14/h1-4,13-14H,5H2. The first-order chi connectivity index (χ1) is 6.94. The Kier molecular flexibility index (Phi) is 3.59. The van der Waals surface area contributed by atoms with Gasteiger partial charge in [-0.15, -0.1) is 0 Å². The molecule has 0 atom stereocenters. The highest BCUT2D eigenvalue weighted by Gasteiger charge is 2.31. The van der Waals surface area contributed by atoms with Gasteiger partial charge in [0.2, 0.25) is 0 Å². The number of halogens is 3. The molecule has 0 unspecified atom stereocenters. The van der Waals surface area contributed by atoms with Gasteiger partial charge in [0.15, 0.2) is 6.67 Å². The monoisotopic (exact) mass is 220 g/mol. The third kappa shape index (κ3) is 3.45. The zero-order valence-electron chi connectivity index (χ0n) is 7.53. The van der Waals surface area contributed by atoms with E-state index in [-0.39, 0.29) is 11.2 Å². The SMILES string of the molecule is OB(O)c1cccc(OC(F)(F)CF)c1. The minimum atomic E-state index is -3.90. The maximum absolute atomic E-state index is 12.4. The molecule has 1 aromatic rings. The van der Waals surface area contributed by atoms with Crippen LogP contribution in [0.1, 0.15) is 0 Å². The molecule has 1 aromatic carbocycles. The molecule has 82 valence electrons. The zero-order valence-corrected chi connectivity index (χ0v) is 7.53. The van der Waals surface area contributed by atoms with E-state index in [1.807, 2.05) is 0 Å². The second-order valence-electron chi connectivity index (χ2n) is 2.82. The van der Waals surface area contributed by atoms with Crippen LogP contribution in [0.4, 0.5) is 13.2 Å². The molecule has 0 spiro atoms. The summed E-state index contributed by atoms with van der Waals surface area (Å²) in [6.45, 7) is -1.95. The summed E-state index contributed by atoms with van der Waals surface area (Å²) in [5, 5.41) is 17.5. The van der Waals surface area contributed by atoms with Crippen LogP contribution < -0.4 is 10.2 Å². The van der Waals surface area contributed by atoms with Crippen molar-refractivity contribution in [1.29, 1.82) is 0 Å². The van der Waals surface area contributed by atoms with Crippen molar-refractivity contribution >= 4 is 12.6 Å². The number of alkyl halides is 3. The van der Waals surface area contributed by atoms with E-state index in [9.17, 15) is 13.2 Å². The molecule has 0 fully saturated rings. The molecule has 15 heavy (non-hydrogen) atoms. The second kappa shape index (κ2) is 4.54. The lowest BCUT2D eigenvalue weighted by Crippen LogP contribution is -2.31. The Morgan fingerprint density at radius 3 is 2.53 bits per heavy atom. The van der Waals surface area contributed by atoms with E-state index in [1.165, 1.54) is 12.1 Å². The fraction of sp³-hybridized carbons (Fsp3) is 0.250. The van der Waals surface area contributed by atoms with Crippen LogP contribution in [0, 0.1) is 0 Å². The quantitative estimate of drug-likeness (QED) is 0.717. The van der Waals surface area contributed by atoms with Crippen LogP contribution in [-0.2, 0) is 0 Å². The van der Waals surface area contributed by atoms with Gasteiger partial charge >= 0.3 is 13.2 Å². The molecule has 7 heteroatoms. The van der Waals surface area contributed by atoms with Gasteiger partial charge in [-0.05, 0) is 17.6 Å². The zero-order chi connectivity index (χ0) is 11.5. The lowest BCUT2D eigenvalue weighted by molar-refractivity contribution is -0.186. The third-order valence-corrected chi connectivity index (χ3v) is 1.58. The van der Waals surface area contributed by atoms with E-state index >= 15 is 0 Å². The highest BCUT2D eigenvalue weighted by molar-refractivity contribution is 6.58. The van der Waals surface area contributed by atoms with Gasteiger partial charge in [0.05, 0.1) is 0 Å². The van der Waals surface area contributed by atoms with E-state index in [4.69, 9.17) is 10.0 Å². The fourth-order valence-corrected chi connectivity index (χ4v) is 0.938. The number of hydrogen-bond acceptors (Lipinski definition) is 3. The molecule has 0 aromatic heterocycles. The predicted molar refractivity (Wildman–Crippen MR) is 47.8 cm³/mol. The smallest absolute Gasteiger partial charge is 0.431 e. The number of ether oxygens (including phenoxy) is 1. The van der Waals surface area contributed by atoms with Crippen molar-refractivity contribution < 1.29 is 28.0 Å². The summed E-state index contributed by atoms with van der Waals surface area (Å²) in [5.41, 5.74) is -0.0119. The highest BCUT2D eigenvalue weighted by Crippen LogP contribution is 2.20. The van der Waals surface area contributed by atoms with E-state index in [0.29, 0.717) is 0 Å². The van der Waals surface area contributed by atoms with Crippen molar-refractivity contribution in [1.82, 2.24) is 0 Å². The predicted octanol–water partition coefficient (Wildman–Crippen LogP) is 0.307. The molecule has 0 radical (unpaired) electrons. The normalized spacial score (nSPS) is 11.3. The Hall–Kier alpha value is -1.21. The summed E-state index contributed by atoms with van der Waals surface area (Å²) in [6, 6.07) is 4.76. The molecule has 0 amide bonds. The third-order valence-electron chi connectivity index (χ3n) is 1.58. The maximum atomic E-state index is 12.4. The molecular weight excluding hydrogens is 212 g/mol. The maximum Gasteiger partial charge on any atom is 0.488 e. The fourth-order valence-electron chi connectivity index (χ4n) is 0.938. The van der Waals surface area contributed by atoms with Gasteiger partial charge in [-0.2, -0.15) is 8.78 Å². The minimum absolute atomic E-state index is 0.0119.